The Bertz CT molecular complexity index is 838. The van der Waals surface area contributed by atoms with Gasteiger partial charge in [-0.05, 0) is 19.1 Å². The van der Waals surface area contributed by atoms with Crippen LogP contribution in [0.3, 0.4) is 0 Å². The largest absolute Gasteiger partial charge is 0.463 e. The summed E-state index contributed by atoms with van der Waals surface area (Å²) in [5, 5.41) is 2.07. The molecule has 1 amide bonds. The maximum Gasteiger partial charge on any atom is 0.333 e. The van der Waals surface area contributed by atoms with Gasteiger partial charge in [-0.3, -0.25) is 9.78 Å². The number of amides is 1. The van der Waals surface area contributed by atoms with E-state index >= 15 is 0 Å². The Morgan fingerprint density at radius 1 is 1.46 bits per heavy atom. The van der Waals surface area contributed by atoms with E-state index in [2.05, 4.69) is 4.98 Å². The number of halogens is 1. The van der Waals surface area contributed by atoms with Crippen molar-refractivity contribution in [1.29, 1.82) is 0 Å². The first kappa shape index (κ1) is 16.8. The van der Waals surface area contributed by atoms with Gasteiger partial charge in [-0.1, -0.05) is 35.5 Å². The minimum absolute atomic E-state index is 0.0699. The molecule has 5 nitrogen and oxygen atoms in total. The fourth-order valence-corrected chi connectivity index (χ4v) is 3.62. The Hall–Kier alpha value is -2.05. The number of rotatable bonds is 4. The van der Waals surface area contributed by atoms with E-state index < -0.39 is 5.97 Å². The van der Waals surface area contributed by atoms with Crippen molar-refractivity contribution in [3.05, 3.63) is 52.2 Å². The van der Waals surface area contributed by atoms with Crippen molar-refractivity contribution in [3.8, 4) is 0 Å². The molecule has 124 valence electrons. The molecular formula is C17H15ClN2O3S. The van der Waals surface area contributed by atoms with Gasteiger partial charge in [0.15, 0.2) is 0 Å². The van der Waals surface area contributed by atoms with Crippen LogP contribution in [0.1, 0.15) is 12.5 Å². The maximum absolute atomic E-state index is 12.2. The van der Waals surface area contributed by atoms with Crippen molar-refractivity contribution in [2.24, 2.45) is 0 Å². The van der Waals surface area contributed by atoms with Gasteiger partial charge in [-0.25, -0.2) is 4.79 Å². The SMILES string of the molecule is CCOC(=O)/C=C1/SCC(=O)N1Cc1c(Cl)ccc2cccnc12. The third-order valence-corrected chi connectivity index (χ3v) is 4.96. The number of hydrogen-bond donors (Lipinski definition) is 0. The summed E-state index contributed by atoms with van der Waals surface area (Å²) in [5.74, 6) is -0.234. The lowest BCUT2D eigenvalue weighted by molar-refractivity contribution is -0.137. The Labute approximate surface area is 148 Å². The summed E-state index contributed by atoms with van der Waals surface area (Å²) < 4.78 is 4.93. The second-order valence-electron chi connectivity index (χ2n) is 5.10. The van der Waals surface area contributed by atoms with Crippen molar-refractivity contribution in [3.63, 3.8) is 0 Å². The summed E-state index contributed by atoms with van der Waals surface area (Å²) >= 11 is 7.65. The zero-order valence-corrected chi connectivity index (χ0v) is 14.6. The average molecular weight is 363 g/mol. The highest BCUT2D eigenvalue weighted by atomic mass is 35.5. The predicted molar refractivity (Wildman–Crippen MR) is 94.5 cm³/mol. The number of carbonyl (C=O) groups excluding carboxylic acids is 2. The lowest BCUT2D eigenvalue weighted by Crippen LogP contribution is -2.25. The van der Waals surface area contributed by atoms with Crippen molar-refractivity contribution < 1.29 is 14.3 Å². The van der Waals surface area contributed by atoms with Crippen LogP contribution in [-0.2, 0) is 20.9 Å². The lowest BCUT2D eigenvalue weighted by Gasteiger charge is -2.19. The van der Waals surface area contributed by atoms with Crippen molar-refractivity contribution >= 4 is 46.1 Å². The first-order chi connectivity index (χ1) is 11.6. The molecule has 1 saturated heterocycles. The zero-order valence-electron chi connectivity index (χ0n) is 13.0. The molecule has 7 heteroatoms. The van der Waals surface area contributed by atoms with Crippen molar-refractivity contribution in [2.75, 3.05) is 12.4 Å². The number of thioether (sulfide) groups is 1. The van der Waals surface area contributed by atoms with Crippen LogP contribution in [0, 0.1) is 0 Å². The summed E-state index contributed by atoms with van der Waals surface area (Å²) in [5.41, 5.74) is 1.52. The van der Waals surface area contributed by atoms with Gasteiger partial charge >= 0.3 is 5.97 Å². The third-order valence-electron chi connectivity index (χ3n) is 3.58. The second kappa shape index (κ2) is 7.23. The molecule has 3 rings (SSSR count). The van der Waals surface area contributed by atoms with E-state index in [1.165, 1.54) is 17.8 Å². The number of aromatic nitrogens is 1. The van der Waals surface area contributed by atoms with Crippen LogP contribution in [0.5, 0.6) is 0 Å². The van der Waals surface area contributed by atoms with Crippen LogP contribution < -0.4 is 0 Å². The molecule has 0 aliphatic carbocycles. The van der Waals surface area contributed by atoms with Gasteiger partial charge in [0.25, 0.3) is 0 Å². The summed E-state index contributed by atoms with van der Waals surface area (Å²) in [7, 11) is 0. The van der Waals surface area contributed by atoms with Gasteiger partial charge in [0.05, 0.1) is 35.5 Å². The van der Waals surface area contributed by atoms with Gasteiger partial charge in [0, 0.05) is 22.2 Å². The first-order valence-corrected chi connectivity index (χ1v) is 8.80. The number of nitrogens with zero attached hydrogens (tertiary/aromatic N) is 2. The van der Waals surface area contributed by atoms with Gasteiger partial charge in [-0.15, -0.1) is 0 Å². The van der Waals surface area contributed by atoms with E-state index in [-0.39, 0.29) is 12.5 Å². The Morgan fingerprint density at radius 2 is 2.29 bits per heavy atom. The highest BCUT2D eigenvalue weighted by molar-refractivity contribution is 8.04. The molecule has 1 aromatic heterocycles. The Balaban J connectivity index is 1.96. The first-order valence-electron chi connectivity index (χ1n) is 7.44. The molecule has 0 bridgehead atoms. The topological polar surface area (TPSA) is 59.5 Å². The summed E-state index contributed by atoms with van der Waals surface area (Å²) in [6.07, 6.45) is 3.05. The summed E-state index contributed by atoms with van der Waals surface area (Å²) in [6.45, 7) is 2.30. The third kappa shape index (κ3) is 3.39. The van der Waals surface area contributed by atoms with Crippen LogP contribution >= 0.6 is 23.4 Å². The predicted octanol–water partition coefficient (Wildman–Crippen LogP) is 3.37. The minimum Gasteiger partial charge on any atom is -0.463 e. The number of benzene rings is 1. The lowest BCUT2D eigenvalue weighted by atomic mass is 10.1. The number of carbonyl (C=O) groups is 2. The van der Waals surface area contributed by atoms with E-state index in [0.29, 0.717) is 22.4 Å². The highest BCUT2D eigenvalue weighted by Gasteiger charge is 2.28. The molecule has 1 aromatic carbocycles. The number of hydrogen-bond acceptors (Lipinski definition) is 5. The van der Waals surface area contributed by atoms with Crippen LogP contribution in [0.25, 0.3) is 10.9 Å². The molecule has 0 saturated carbocycles. The van der Waals surface area contributed by atoms with E-state index in [1.807, 2.05) is 18.2 Å². The standard InChI is InChI=1S/C17H15ClN2O3S/c1-2-23-16(22)8-15-20(14(21)10-24-15)9-12-13(18)6-5-11-4-3-7-19-17(11)12/h3-8H,2,9-10H2,1H3/b15-8+. The fourth-order valence-electron chi connectivity index (χ4n) is 2.47. The summed E-state index contributed by atoms with van der Waals surface area (Å²) in [6, 6.07) is 7.48. The quantitative estimate of drug-likeness (QED) is 0.616. The van der Waals surface area contributed by atoms with Gasteiger partial charge in [0.2, 0.25) is 5.91 Å². The molecule has 1 aliphatic rings. The molecule has 24 heavy (non-hydrogen) atoms. The smallest absolute Gasteiger partial charge is 0.333 e. The number of pyridine rings is 1. The molecule has 0 N–H and O–H groups in total. The molecule has 2 heterocycles. The molecule has 0 atom stereocenters. The van der Waals surface area contributed by atoms with Crippen LogP contribution in [0.4, 0.5) is 0 Å². The number of esters is 1. The molecule has 1 aliphatic heterocycles. The van der Waals surface area contributed by atoms with Crippen molar-refractivity contribution in [1.82, 2.24) is 9.88 Å². The van der Waals surface area contributed by atoms with Crippen LogP contribution in [-0.4, -0.2) is 34.1 Å². The minimum atomic E-state index is -0.457. The van der Waals surface area contributed by atoms with E-state index in [9.17, 15) is 9.59 Å². The van der Waals surface area contributed by atoms with Crippen LogP contribution in [0.2, 0.25) is 5.02 Å². The van der Waals surface area contributed by atoms with E-state index in [4.69, 9.17) is 16.3 Å². The molecule has 0 radical (unpaired) electrons. The second-order valence-corrected chi connectivity index (χ2v) is 6.51. The highest BCUT2D eigenvalue weighted by Crippen LogP contribution is 2.33. The average Bonchev–Trinajstić information content (AvgIpc) is 2.90. The number of fused-ring (bicyclic) bond motifs is 1. The Kier molecular flexibility index (Phi) is 5.06. The molecule has 2 aromatic rings. The molecule has 0 unspecified atom stereocenters. The van der Waals surface area contributed by atoms with Gasteiger partial charge in [-0.2, -0.15) is 0 Å². The van der Waals surface area contributed by atoms with Crippen molar-refractivity contribution in [2.45, 2.75) is 13.5 Å². The summed E-state index contributed by atoms with van der Waals surface area (Å²) in [4.78, 5) is 29.9. The molecular weight excluding hydrogens is 348 g/mol. The van der Waals surface area contributed by atoms with E-state index in [0.717, 1.165) is 16.5 Å². The van der Waals surface area contributed by atoms with Crippen LogP contribution in [0.15, 0.2) is 41.6 Å². The zero-order chi connectivity index (χ0) is 17.1. The fraction of sp³-hybridized carbons (Fsp3) is 0.235. The van der Waals surface area contributed by atoms with E-state index in [1.54, 1.807) is 24.1 Å². The van der Waals surface area contributed by atoms with Gasteiger partial charge < -0.3 is 9.64 Å². The number of ether oxygens (including phenoxy) is 1. The van der Waals surface area contributed by atoms with Gasteiger partial charge in [0.1, 0.15) is 0 Å². The maximum atomic E-state index is 12.2. The molecule has 1 fully saturated rings. The molecule has 0 spiro atoms. The normalized spacial score (nSPS) is 16.2. The monoisotopic (exact) mass is 362 g/mol. The Morgan fingerprint density at radius 3 is 3.08 bits per heavy atom.